The average Bonchev–Trinajstić information content (AvgIpc) is 2.95. The Hall–Kier alpha value is -2.30. The lowest BCUT2D eigenvalue weighted by Gasteiger charge is -2.19. The van der Waals surface area contributed by atoms with Crippen molar-refractivity contribution in [3.63, 3.8) is 0 Å². The Morgan fingerprint density at radius 1 is 1.24 bits per heavy atom. The average molecular weight is 288 g/mol. The Morgan fingerprint density at radius 2 is 2.10 bits per heavy atom. The van der Waals surface area contributed by atoms with Gasteiger partial charge in [0.05, 0.1) is 0 Å². The fourth-order valence-electron chi connectivity index (χ4n) is 2.44. The van der Waals surface area contributed by atoms with E-state index in [0.717, 1.165) is 18.4 Å². The van der Waals surface area contributed by atoms with Crippen LogP contribution in [0.5, 0.6) is 11.5 Å². The molecule has 1 fully saturated rings. The van der Waals surface area contributed by atoms with Gasteiger partial charge >= 0.3 is 5.97 Å². The summed E-state index contributed by atoms with van der Waals surface area (Å²) in [6.07, 6.45) is 5.34. The summed E-state index contributed by atoms with van der Waals surface area (Å²) in [6, 6.07) is 5.40. The summed E-state index contributed by atoms with van der Waals surface area (Å²) < 4.78 is 15.7. The zero-order valence-corrected chi connectivity index (χ0v) is 11.5. The number of carbonyl (C=O) groups is 2. The summed E-state index contributed by atoms with van der Waals surface area (Å²) in [4.78, 5) is 23.3. The van der Waals surface area contributed by atoms with Crippen molar-refractivity contribution in [2.45, 2.75) is 31.8 Å². The quantitative estimate of drug-likeness (QED) is 0.631. The number of ether oxygens (including phenoxy) is 3. The highest BCUT2D eigenvalue weighted by atomic mass is 16.7. The highest BCUT2D eigenvalue weighted by molar-refractivity contribution is 5.91. The summed E-state index contributed by atoms with van der Waals surface area (Å²) in [7, 11) is 0. The number of hydrogen-bond acceptors (Lipinski definition) is 5. The Morgan fingerprint density at radius 3 is 2.95 bits per heavy atom. The highest BCUT2D eigenvalue weighted by Crippen LogP contribution is 2.32. The van der Waals surface area contributed by atoms with Crippen LogP contribution in [0.25, 0.3) is 6.08 Å². The van der Waals surface area contributed by atoms with E-state index in [1.54, 1.807) is 18.2 Å². The Bertz CT molecular complexity index is 590. The molecule has 1 atom stereocenters. The molecule has 21 heavy (non-hydrogen) atoms. The molecule has 3 rings (SSSR count). The second-order valence-corrected chi connectivity index (χ2v) is 5.08. The van der Waals surface area contributed by atoms with Gasteiger partial charge in [0, 0.05) is 12.5 Å². The summed E-state index contributed by atoms with van der Waals surface area (Å²) >= 11 is 0. The highest BCUT2D eigenvalue weighted by Gasteiger charge is 2.24. The molecular formula is C16H16O5. The topological polar surface area (TPSA) is 61.8 Å². The number of carbonyl (C=O) groups excluding carboxylic acids is 2. The molecule has 0 N–H and O–H groups in total. The van der Waals surface area contributed by atoms with Crippen molar-refractivity contribution in [3.8, 4) is 11.5 Å². The van der Waals surface area contributed by atoms with Gasteiger partial charge in [-0.25, -0.2) is 4.79 Å². The van der Waals surface area contributed by atoms with E-state index in [0.29, 0.717) is 24.3 Å². The minimum atomic E-state index is -0.576. The van der Waals surface area contributed by atoms with Crippen molar-refractivity contribution in [3.05, 3.63) is 29.8 Å². The summed E-state index contributed by atoms with van der Waals surface area (Å²) in [5.74, 6) is 0.884. The maximum absolute atomic E-state index is 11.7. The Balaban J connectivity index is 1.60. The zero-order valence-electron chi connectivity index (χ0n) is 11.5. The number of rotatable bonds is 3. The van der Waals surface area contributed by atoms with E-state index in [9.17, 15) is 9.59 Å². The van der Waals surface area contributed by atoms with Crippen molar-refractivity contribution >= 4 is 17.8 Å². The first-order chi connectivity index (χ1) is 10.2. The van der Waals surface area contributed by atoms with Gasteiger partial charge in [-0.15, -0.1) is 0 Å². The maximum atomic E-state index is 11.7. The first-order valence-corrected chi connectivity index (χ1v) is 7.03. The molecule has 5 nitrogen and oxygen atoms in total. The van der Waals surface area contributed by atoms with Crippen LogP contribution in [-0.2, 0) is 14.3 Å². The number of fused-ring (bicyclic) bond motifs is 1. The number of Topliss-reactive ketones (excluding diaryl/α,β-unsaturated/α-hetero) is 1. The summed E-state index contributed by atoms with van der Waals surface area (Å²) in [6.45, 7) is 0.217. The van der Waals surface area contributed by atoms with E-state index in [2.05, 4.69) is 0 Å². The number of ketones is 1. The van der Waals surface area contributed by atoms with Crippen LogP contribution in [0.2, 0.25) is 0 Å². The smallest absolute Gasteiger partial charge is 0.331 e. The molecule has 1 aliphatic carbocycles. The fourth-order valence-corrected chi connectivity index (χ4v) is 2.44. The fraction of sp³-hybridized carbons (Fsp3) is 0.375. The van der Waals surface area contributed by atoms with Crippen molar-refractivity contribution in [2.24, 2.45) is 0 Å². The molecule has 1 saturated carbocycles. The standard InChI is InChI=1S/C16H16O5/c17-12-3-1-2-4-13(12)21-16(18)8-6-11-5-7-14-15(9-11)20-10-19-14/h5-9,13H,1-4,10H2/b8-6+/t13-/m0/s1. The molecule has 1 aliphatic heterocycles. The molecule has 0 unspecified atom stereocenters. The third-order valence-electron chi connectivity index (χ3n) is 3.57. The molecule has 1 heterocycles. The molecule has 0 saturated heterocycles. The van der Waals surface area contributed by atoms with Crippen LogP contribution in [0.3, 0.4) is 0 Å². The first kappa shape index (κ1) is 13.7. The van der Waals surface area contributed by atoms with E-state index in [4.69, 9.17) is 14.2 Å². The molecule has 0 spiro atoms. The molecular weight excluding hydrogens is 272 g/mol. The number of hydrogen-bond donors (Lipinski definition) is 0. The molecule has 0 radical (unpaired) electrons. The SMILES string of the molecule is O=C(/C=C/c1ccc2c(c1)OCO2)O[C@H]1CCCCC1=O. The monoisotopic (exact) mass is 288 g/mol. The largest absolute Gasteiger partial charge is 0.454 e. The number of esters is 1. The van der Waals surface area contributed by atoms with E-state index in [1.165, 1.54) is 6.08 Å². The van der Waals surface area contributed by atoms with Gasteiger partial charge in [-0.2, -0.15) is 0 Å². The zero-order chi connectivity index (χ0) is 14.7. The summed E-state index contributed by atoms with van der Waals surface area (Å²) in [5, 5.41) is 0. The van der Waals surface area contributed by atoms with Crippen LogP contribution < -0.4 is 9.47 Å². The normalized spacial score (nSPS) is 20.8. The van der Waals surface area contributed by atoms with Gasteiger partial charge in [-0.1, -0.05) is 6.07 Å². The third-order valence-corrected chi connectivity index (χ3v) is 3.57. The van der Waals surface area contributed by atoms with Crippen LogP contribution in [-0.4, -0.2) is 24.6 Å². The van der Waals surface area contributed by atoms with Gasteiger partial charge in [0.25, 0.3) is 0 Å². The van der Waals surface area contributed by atoms with Crippen LogP contribution in [0.4, 0.5) is 0 Å². The lowest BCUT2D eigenvalue weighted by Crippen LogP contribution is -2.29. The molecule has 0 bridgehead atoms. The second kappa shape index (κ2) is 5.99. The van der Waals surface area contributed by atoms with Gasteiger partial charge in [0.2, 0.25) is 6.79 Å². The minimum Gasteiger partial charge on any atom is -0.454 e. The van der Waals surface area contributed by atoms with Crippen molar-refractivity contribution in [1.29, 1.82) is 0 Å². The van der Waals surface area contributed by atoms with Gasteiger partial charge < -0.3 is 14.2 Å². The molecule has 110 valence electrons. The second-order valence-electron chi connectivity index (χ2n) is 5.08. The van der Waals surface area contributed by atoms with Crippen LogP contribution >= 0.6 is 0 Å². The molecule has 1 aromatic carbocycles. The molecule has 2 aliphatic rings. The third kappa shape index (κ3) is 3.24. The molecule has 0 aromatic heterocycles. The van der Waals surface area contributed by atoms with Crippen molar-refractivity contribution < 1.29 is 23.8 Å². The van der Waals surface area contributed by atoms with Crippen LogP contribution in [0.15, 0.2) is 24.3 Å². The molecule has 5 heteroatoms. The predicted molar refractivity (Wildman–Crippen MR) is 75.0 cm³/mol. The Labute approximate surface area is 122 Å². The van der Waals surface area contributed by atoms with E-state index < -0.39 is 12.1 Å². The first-order valence-electron chi connectivity index (χ1n) is 7.03. The van der Waals surface area contributed by atoms with Crippen LogP contribution in [0, 0.1) is 0 Å². The summed E-state index contributed by atoms with van der Waals surface area (Å²) in [5.41, 5.74) is 0.811. The van der Waals surface area contributed by atoms with Crippen molar-refractivity contribution in [1.82, 2.24) is 0 Å². The Kier molecular flexibility index (Phi) is 3.90. The minimum absolute atomic E-state index is 0.0195. The van der Waals surface area contributed by atoms with Gasteiger partial charge in [-0.3, -0.25) is 4.79 Å². The van der Waals surface area contributed by atoms with E-state index in [-0.39, 0.29) is 12.6 Å². The van der Waals surface area contributed by atoms with E-state index >= 15 is 0 Å². The lowest BCUT2D eigenvalue weighted by atomic mass is 9.96. The van der Waals surface area contributed by atoms with Crippen LogP contribution in [0.1, 0.15) is 31.2 Å². The number of benzene rings is 1. The molecule has 0 amide bonds. The van der Waals surface area contributed by atoms with Crippen molar-refractivity contribution in [2.75, 3.05) is 6.79 Å². The van der Waals surface area contributed by atoms with Gasteiger partial charge in [0.1, 0.15) is 0 Å². The predicted octanol–water partition coefficient (Wildman–Crippen LogP) is 2.48. The lowest BCUT2D eigenvalue weighted by molar-refractivity contribution is -0.152. The maximum Gasteiger partial charge on any atom is 0.331 e. The molecule has 1 aromatic rings. The van der Waals surface area contributed by atoms with Gasteiger partial charge in [-0.05, 0) is 43.0 Å². The van der Waals surface area contributed by atoms with E-state index in [1.807, 2.05) is 6.07 Å². The van der Waals surface area contributed by atoms with Gasteiger partial charge in [0.15, 0.2) is 23.4 Å².